The van der Waals surface area contributed by atoms with E-state index in [1.54, 1.807) is 0 Å². The Kier molecular flexibility index (Phi) is 4.70. The summed E-state index contributed by atoms with van der Waals surface area (Å²) in [4.78, 5) is 27.2. The summed E-state index contributed by atoms with van der Waals surface area (Å²) in [6.45, 7) is 6.12. The maximum atomic E-state index is 13.2. The number of benzene rings is 2. The third-order valence-electron chi connectivity index (χ3n) is 5.50. The molecule has 1 aliphatic rings. The topological polar surface area (TPSA) is 67.2 Å². The van der Waals surface area contributed by atoms with E-state index < -0.39 is 5.54 Å². The van der Waals surface area contributed by atoms with Gasteiger partial charge in [-0.05, 0) is 49.6 Å². The van der Waals surface area contributed by atoms with E-state index >= 15 is 0 Å². The van der Waals surface area contributed by atoms with Crippen molar-refractivity contribution in [3.8, 4) is 5.69 Å². The molecule has 148 valence electrons. The van der Waals surface area contributed by atoms with Crippen LogP contribution in [0, 0.1) is 13.8 Å². The minimum Gasteiger partial charge on any atom is -0.319 e. The van der Waals surface area contributed by atoms with Crippen LogP contribution in [0.3, 0.4) is 0 Å². The Morgan fingerprint density at radius 3 is 2.28 bits per heavy atom. The average Bonchev–Trinajstić information content (AvgIpc) is 3.20. The fourth-order valence-corrected chi connectivity index (χ4v) is 3.95. The van der Waals surface area contributed by atoms with Gasteiger partial charge in [-0.3, -0.25) is 9.69 Å². The van der Waals surface area contributed by atoms with Crippen molar-refractivity contribution in [3.63, 3.8) is 0 Å². The second kappa shape index (κ2) is 7.20. The van der Waals surface area contributed by atoms with Crippen molar-refractivity contribution in [1.29, 1.82) is 0 Å². The highest BCUT2D eigenvalue weighted by atomic mass is 16.2. The number of urea groups is 1. The minimum atomic E-state index is -0.998. The van der Waals surface area contributed by atoms with Crippen LogP contribution in [-0.4, -0.2) is 26.6 Å². The van der Waals surface area contributed by atoms with Crippen molar-refractivity contribution in [3.05, 3.63) is 83.2 Å². The number of carbonyl (C=O) groups excluding carboxylic acids is 2. The zero-order chi connectivity index (χ0) is 20.6. The molecule has 0 bridgehead atoms. The van der Waals surface area contributed by atoms with Gasteiger partial charge >= 0.3 is 6.03 Å². The molecule has 1 fully saturated rings. The second-order valence-electron chi connectivity index (χ2n) is 7.45. The fourth-order valence-electron chi connectivity index (χ4n) is 3.95. The molecule has 1 unspecified atom stereocenters. The zero-order valence-electron chi connectivity index (χ0n) is 16.8. The highest BCUT2D eigenvalue weighted by Crippen LogP contribution is 2.33. The number of hydrogen-bond donors (Lipinski definition) is 1. The summed E-state index contributed by atoms with van der Waals surface area (Å²) in [6, 6.07) is 18.9. The lowest BCUT2D eigenvalue weighted by Crippen LogP contribution is -2.43. The van der Waals surface area contributed by atoms with E-state index in [1.165, 1.54) is 4.90 Å². The third-order valence-corrected chi connectivity index (χ3v) is 5.50. The molecule has 1 atom stereocenters. The molecule has 29 heavy (non-hydrogen) atoms. The third kappa shape index (κ3) is 3.20. The number of nitrogens with one attached hydrogen (secondary N) is 1. The molecule has 0 saturated carbocycles. The van der Waals surface area contributed by atoms with Gasteiger partial charge in [0.05, 0.1) is 17.9 Å². The molecule has 3 amide bonds. The van der Waals surface area contributed by atoms with Crippen LogP contribution >= 0.6 is 0 Å². The van der Waals surface area contributed by atoms with E-state index in [-0.39, 0.29) is 18.5 Å². The normalized spacial score (nSPS) is 18.9. The maximum absolute atomic E-state index is 13.2. The number of nitrogens with zero attached hydrogens (tertiary/aromatic N) is 3. The molecule has 6 heteroatoms. The highest BCUT2D eigenvalue weighted by Gasteiger charge is 2.50. The first kappa shape index (κ1) is 18.9. The lowest BCUT2D eigenvalue weighted by atomic mass is 9.87. The summed E-state index contributed by atoms with van der Waals surface area (Å²) in [5, 5.41) is 7.41. The van der Waals surface area contributed by atoms with Gasteiger partial charge in [-0.1, -0.05) is 49.4 Å². The lowest BCUT2D eigenvalue weighted by molar-refractivity contribution is -0.132. The summed E-state index contributed by atoms with van der Waals surface area (Å²) in [5.41, 5.74) is 3.66. The molecule has 2 aromatic carbocycles. The summed E-state index contributed by atoms with van der Waals surface area (Å²) < 4.78 is 1.88. The number of hydrogen-bond acceptors (Lipinski definition) is 3. The minimum absolute atomic E-state index is 0.209. The average molecular weight is 388 g/mol. The molecule has 0 aliphatic carbocycles. The summed E-state index contributed by atoms with van der Waals surface area (Å²) in [7, 11) is 0. The van der Waals surface area contributed by atoms with Crippen LogP contribution in [0.25, 0.3) is 5.69 Å². The number of aromatic nitrogens is 2. The van der Waals surface area contributed by atoms with Gasteiger partial charge in [0.2, 0.25) is 0 Å². The Balaban J connectivity index is 1.57. The Morgan fingerprint density at radius 1 is 1.00 bits per heavy atom. The largest absolute Gasteiger partial charge is 0.325 e. The molecule has 2 heterocycles. The molecular formula is C23H24N4O2. The number of aryl methyl sites for hydroxylation is 2. The van der Waals surface area contributed by atoms with Crippen molar-refractivity contribution in [1.82, 2.24) is 20.0 Å². The smallest absolute Gasteiger partial charge is 0.319 e. The van der Waals surface area contributed by atoms with Crippen LogP contribution in [0.1, 0.15) is 35.9 Å². The Hall–Kier alpha value is -3.41. The summed E-state index contributed by atoms with van der Waals surface area (Å²) in [5.74, 6) is -0.209. The molecule has 0 spiro atoms. The van der Waals surface area contributed by atoms with Gasteiger partial charge in [0.1, 0.15) is 5.54 Å². The van der Waals surface area contributed by atoms with Crippen molar-refractivity contribution >= 4 is 11.9 Å². The Labute approximate surface area is 170 Å². The number of rotatable bonds is 5. The van der Waals surface area contributed by atoms with Crippen LogP contribution in [-0.2, 0) is 16.9 Å². The van der Waals surface area contributed by atoms with E-state index in [0.717, 1.165) is 28.2 Å². The van der Waals surface area contributed by atoms with E-state index in [2.05, 4.69) is 10.4 Å². The van der Waals surface area contributed by atoms with Gasteiger partial charge in [-0.25, -0.2) is 9.48 Å². The Bertz CT molecular complexity index is 1060. The standard InChI is InChI=1S/C23H24N4O2/c1-4-23(19-8-6-5-7-9-19)21(28)26(22(29)24-23)15-18-10-12-20(13-11-18)27-17(3)14-16(2)25-27/h5-14H,4,15H2,1-3H3,(H,24,29). The first-order valence-electron chi connectivity index (χ1n) is 9.77. The van der Waals surface area contributed by atoms with Crippen molar-refractivity contribution in [2.24, 2.45) is 0 Å². The molecular weight excluding hydrogens is 364 g/mol. The molecule has 1 aliphatic heterocycles. The monoisotopic (exact) mass is 388 g/mol. The van der Waals surface area contributed by atoms with Crippen LogP contribution in [0.5, 0.6) is 0 Å². The van der Waals surface area contributed by atoms with E-state index in [9.17, 15) is 9.59 Å². The maximum Gasteiger partial charge on any atom is 0.325 e. The molecule has 1 N–H and O–H groups in total. The van der Waals surface area contributed by atoms with E-state index in [0.29, 0.717) is 6.42 Å². The van der Waals surface area contributed by atoms with Crippen LogP contribution < -0.4 is 5.32 Å². The molecule has 6 nitrogen and oxygen atoms in total. The summed E-state index contributed by atoms with van der Waals surface area (Å²) in [6.07, 6.45) is 0.495. The zero-order valence-corrected chi connectivity index (χ0v) is 16.8. The molecule has 4 rings (SSSR count). The number of amides is 3. The van der Waals surface area contributed by atoms with Gasteiger partial charge in [0, 0.05) is 5.69 Å². The van der Waals surface area contributed by atoms with Gasteiger partial charge in [-0.2, -0.15) is 5.10 Å². The molecule has 1 aromatic heterocycles. The first-order chi connectivity index (χ1) is 13.9. The van der Waals surface area contributed by atoms with Crippen LogP contribution in [0.15, 0.2) is 60.7 Å². The SMILES string of the molecule is CCC1(c2ccccc2)NC(=O)N(Cc2ccc(-n3nc(C)cc3C)cc2)C1=O. The van der Waals surface area contributed by atoms with Crippen molar-refractivity contribution < 1.29 is 9.59 Å². The molecule has 3 aromatic rings. The lowest BCUT2D eigenvalue weighted by Gasteiger charge is -2.25. The fraction of sp³-hybridized carbons (Fsp3) is 0.261. The number of carbonyl (C=O) groups is 2. The van der Waals surface area contributed by atoms with E-state index in [4.69, 9.17) is 0 Å². The van der Waals surface area contributed by atoms with Gasteiger partial charge < -0.3 is 5.32 Å². The van der Waals surface area contributed by atoms with Crippen molar-refractivity contribution in [2.45, 2.75) is 39.3 Å². The molecule has 1 saturated heterocycles. The number of imide groups is 1. The van der Waals surface area contributed by atoms with Gasteiger partial charge in [-0.15, -0.1) is 0 Å². The Morgan fingerprint density at radius 2 is 1.69 bits per heavy atom. The highest BCUT2D eigenvalue weighted by molar-refractivity contribution is 6.07. The second-order valence-corrected chi connectivity index (χ2v) is 7.45. The van der Waals surface area contributed by atoms with E-state index in [1.807, 2.05) is 86.1 Å². The van der Waals surface area contributed by atoms with Crippen LogP contribution in [0.4, 0.5) is 4.79 Å². The van der Waals surface area contributed by atoms with Crippen molar-refractivity contribution in [2.75, 3.05) is 0 Å². The van der Waals surface area contributed by atoms with Gasteiger partial charge in [0.25, 0.3) is 5.91 Å². The van der Waals surface area contributed by atoms with Gasteiger partial charge in [0.15, 0.2) is 0 Å². The predicted octanol–water partition coefficient (Wildman–Crippen LogP) is 3.85. The quantitative estimate of drug-likeness (QED) is 0.675. The summed E-state index contributed by atoms with van der Waals surface area (Å²) >= 11 is 0. The van der Waals surface area contributed by atoms with Crippen LogP contribution in [0.2, 0.25) is 0 Å². The first-order valence-corrected chi connectivity index (χ1v) is 9.77. The predicted molar refractivity (Wildman–Crippen MR) is 111 cm³/mol. The molecule has 0 radical (unpaired) electrons.